The largest absolute Gasteiger partial charge is 0.349 e. The number of piperidine rings is 1. The van der Waals surface area contributed by atoms with Gasteiger partial charge in [-0.05, 0) is 37.5 Å². The van der Waals surface area contributed by atoms with Crippen LogP contribution in [0.25, 0.3) is 0 Å². The second-order valence-electron chi connectivity index (χ2n) is 6.37. The van der Waals surface area contributed by atoms with Crippen molar-refractivity contribution < 1.29 is 14.0 Å². The second-order valence-corrected chi connectivity index (χ2v) is 6.37. The average Bonchev–Trinajstić information content (AvgIpc) is 3.15. The number of hydrogen-bond acceptors (Lipinski definition) is 4. The van der Waals surface area contributed by atoms with Crippen LogP contribution in [0.5, 0.6) is 0 Å². The van der Waals surface area contributed by atoms with Crippen molar-refractivity contribution >= 4 is 11.8 Å². The minimum absolute atomic E-state index is 0.0999. The zero-order chi connectivity index (χ0) is 18.6. The first-order valence-electron chi connectivity index (χ1n) is 8.71. The van der Waals surface area contributed by atoms with Gasteiger partial charge in [-0.25, -0.2) is 4.39 Å². The summed E-state index contributed by atoms with van der Waals surface area (Å²) in [6, 6.07) is 5.17. The molecule has 1 unspecified atom stereocenters. The van der Waals surface area contributed by atoms with E-state index in [1.54, 1.807) is 41.5 Å². The normalized spacial score (nSPS) is 20.0. The Morgan fingerprint density at radius 3 is 2.92 bits per heavy atom. The third kappa shape index (κ3) is 3.74. The highest BCUT2D eigenvalue weighted by molar-refractivity contribution is 5.94. The molecule has 1 fully saturated rings. The van der Waals surface area contributed by atoms with E-state index >= 15 is 4.39 Å². The quantitative estimate of drug-likeness (QED) is 0.879. The molecule has 0 aliphatic carbocycles. The molecule has 0 aromatic carbocycles. The van der Waals surface area contributed by atoms with Crippen LogP contribution in [0.2, 0.25) is 0 Å². The minimum atomic E-state index is -2.09. The first kappa shape index (κ1) is 18.0. The predicted molar refractivity (Wildman–Crippen MR) is 93.0 cm³/mol. The zero-order valence-corrected chi connectivity index (χ0v) is 14.7. The molecule has 1 saturated heterocycles. The van der Waals surface area contributed by atoms with E-state index in [1.165, 1.54) is 4.90 Å². The van der Waals surface area contributed by atoms with Crippen LogP contribution >= 0.6 is 0 Å². The number of carbonyl (C=O) groups is 2. The lowest BCUT2D eigenvalue weighted by molar-refractivity contribution is -0.136. The molecule has 2 aromatic heterocycles. The number of amides is 2. The fourth-order valence-corrected chi connectivity index (χ4v) is 3.14. The first-order chi connectivity index (χ1) is 12.5. The highest BCUT2D eigenvalue weighted by Crippen LogP contribution is 2.27. The summed E-state index contributed by atoms with van der Waals surface area (Å²) in [6.07, 6.45) is 5.33. The molecule has 0 bridgehead atoms. The molecule has 7 nitrogen and oxygen atoms in total. The Labute approximate surface area is 151 Å². The van der Waals surface area contributed by atoms with E-state index in [4.69, 9.17) is 0 Å². The predicted octanol–water partition coefficient (Wildman–Crippen LogP) is 1.56. The van der Waals surface area contributed by atoms with Crippen molar-refractivity contribution in [1.82, 2.24) is 25.0 Å². The van der Waals surface area contributed by atoms with Crippen molar-refractivity contribution in [2.75, 3.05) is 13.1 Å². The average molecular weight is 359 g/mol. The van der Waals surface area contributed by atoms with Crippen LogP contribution < -0.4 is 5.32 Å². The standard InChI is InChI=1S/C18H22FN5O2/c1-2-24-15(6-9-22-24)16(25)23-10-4-7-18(19,13-23)17(26)21-12-14-5-3-8-20-11-14/h3,5-6,8-9,11H,2,4,7,10,12-13H2,1H3,(H,21,26). The number of carbonyl (C=O) groups excluding carboxylic acids is 2. The van der Waals surface area contributed by atoms with E-state index in [0.717, 1.165) is 5.56 Å². The van der Waals surface area contributed by atoms with Gasteiger partial charge in [-0.2, -0.15) is 5.10 Å². The van der Waals surface area contributed by atoms with E-state index < -0.39 is 11.6 Å². The summed E-state index contributed by atoms with van der Waals surface area (Å²) in [5.74, 6) is -0.992. The van der Waals surface area contributed by atoms with Crippen LogP contribution in [-0.2, 0) is 17.9 Å². The van der Waals surface area contributed by atoms with Crippen LogP contribution in [0.4, 0.5) is 4.39 Å². The van der Waals surface area contributed by atoms with Gasteiger partial charge in [0.1, 0.15) is 5.69 Å². The van der Waals surface area contributed by atoms with E-state index in [2.05, 4.69) is 15.4 Å². The van der Waals surface area contributed by atoms with E-state index in [9.17, 15) is 9.59 Å². The third-order valence-electron chi connectivity index (χ3n) is 4.55. The molecule has 2 aromatic rings. The Hall–Kier alpha value is -2.77. The van der Waals surface area contributed by atoms with Gasteiger partial charge >= 0.3 is 0 Å². The molecule has 1 N–H and O–H groups in total. The number of aryl methyl sites for hydroxylation is 1. The molecule has 1 aliphatic rings. The number of likely N-dealkylation sites (tertiary alicyclic amines) is 1. The maximum Gasteiger partial charge on any atom is 0.272 e. The van der Waals surface area contributed by atoms with Gasteiger partial charge in [0.15, 0.2) is 0 Å². The summed E-state index contributed by atoms with van der Waals surface area (Å²) in [6.45, 7) is 2.81. The van der Waals surface area contributed by atoms with Gasteiger partial charge < -0.3 is 10.2 Å². The number of nitrogens with zero attached hydrogens (tertiary/aromatic N) is 4. The molecular weight excluding hydrogens is 337 g/mol. The van der Waals surface area contributed by atoms with Crippen LogP contribution in [-0.4, -0.2) is 50.2 Å². The fraction of sp³-hybridized carbons (Fsp3) is 0.444. The Kier molecular flexibility index (Phi) is 5.29. The number of alkyl halides is 1. The van der Waals surface area contributed by atoms with Crippen LogP contribution in [0.1, 0.15) is 35.8 Å². The molecule has 3 rings (SSSR count). The smallest absolute Gasteiger partial charge is 0.272 e. The number of rotatable bonds is 5. The fourth-order valence-electron chi connectivity index (χ4n) is 3.14. The monoisotopic (exact) mass is 359 g/mol. The van der Waals surface area contributed by atoms with Gasteiger partial charge in [0.25, 0.3) is 11.8 Å². The zero-order valence-electron chi connectivity index (χ0n) is 14.7. The highest BCUT2D eigenvalue weighted by Gasteiger charge is 2.44. The maximum absolute atomic E-state index is 15.3. The topological polar surface area (TPSA) is 80.1 Å². The molecule has 8 heteroatoms. The Balaban J connectivity index is 1.66. The van der Waals surface area contributed by atoms with Gasteiger partial charge in [-0.15, -0.1) is 0 Å². The lowest BCUT2D eigenvalue weighted by Gasteiger charge is -2.36. The number of pyridine rings is 1. The van der Waals surface area contributed by atoms with Crippen LogP contribution in [0, 0.1) is 0 Å². The van der Waals surface area contributed by atoms with Crippen molar-refractivity contribution in [2.24, 2.45) is 0 Å². The van der Waals surface area contributed by atoms with Crippen molar-refractivity contribution in [3.8, 4) is 0 Å². The van der Waals surface area contributed by atoms with Gasteiger partial charge in [-0.1, -0.05) is 6.07 Å². The lowest BCUT2D eigenvalue weighted by Crippen LogP contribution is -2.55. The van der Waals surface area contributed by atoms with Gasteiger partial charge in [0.05, 0.1) is 6.54 Å². The number of hydrogen-bond donors (Lipinski definition) is 1. The minimum Gasteiger partial charge on any atom is -0.349 e. The summed E-state index contributed by atoms with van der Waals surface area (Å²) in [5.41, 5.74) is -0.889. The van der Waals surface area contributed by atoms with Crippen molar-refractivity contribution in [1.29, 1.82) is 0 Å². The molecule has 0 radical (unpaired) electrons. The molecule has 1 aliphatic heterocycles. The van der Waals surface area contributed by atoms with Gasteiger partial charge in [0, 0.05) is 38.2 Å². The molecule has 2 amide bonds. The van der Waals surface area contributed by atoms with Crippen molar-refractivity contribution in [3.05, 3.63) is 48.0 Å². The maximum atomic E-state index is 15.3. The van der Waals surface area contributed by atoms with E-state index in [1.807, 2.05) is 6.92 Å². The number of nitrogens with one attached hydrogen (secondary N) is 1. The molecule has 138 valence electrons. The second kappa shape index (κ2) is 7.63. The Morgan fingerprint density at radius 2 is 2.19 bits per heavy atom. The third-order valence-corrected chi connectivity index (χ3v) is 4.55. The number of halogens is 1. The summed E-state index contributed by atoms with van der Waals surface area (Å²) in [5, 5.41) is 6.69. The van der Waals surface area contributed by atoms with Gasteiger partial charge in [0.2, 0.25) is 5.67 Å². The van der Waals surface area contributed by atoms with E-state index in [0.29, 0.717) is 25.2 Å². The van der Waals surface area contributed by atoms with E-state index in [-0.39, 0.29) is 25.4 Å². The van der Waals surface area contributed by atoms with Crippen LogP contribution in [0.15, 0.2) is 36.8 Å². The molecule has 3 heterocycles. The summed E-state index contributed by atoms with van der Waals surface area (Å²) in [7, 11) is 0. The molecular formula is C18H22FN5O2. The highest BCUT2D eigenvalue weighted by atomic mass is 19.1. The molecule has 1 atom stereocenters. The molecule has 0 saturated carbocycles. The first-order valence-corrected chi connectivity index (χ1v) is 8.71. The van der Waals surface area contributed by atoms with Crippen LogP contribution in [0.3, 0.4) is 0 Å². The Bertz CT molecular complexity index is 779. The SMILES string of the molecule is CCn1nccc1C(=O)N1CCCC(F)(C(=O)NCc2cccnc2)C1. The van der Waals surface area contributed by atoms with Gasteiger partial charge in [-0.3, -0.25) is 19.3 Å². The number of aromatic nitrogens is 3. The molecule has 0 spiro atoms. The van der Waals surface area contributed by atoms with Crippen molar-refractivity contribution in [2.45, 2.75) is 38.5 Å². The summed E-state index contributed by atoms with van der Waals surface area (Å²) >= 11 is 0. The molecule has 26 heavy (non-hydrogen) atoms. The summed E-state index contributed by atoms with van der Waals surface area (Å²) < 4.78 is 16.8. The lowest BCUT2D eigenvalue weighted by atomic mass is 9.93. The van der Waals surface area contributed by atoms with Crippen molar-refractivity contribution in [3.63, 3.8) is 0 Å². The summed E-state index contributed by atoms with van der Waals surface area (Å²) in [4.78, 5) is 30.5. The Morgan fingerprint density at radius 1 is 1.35 bits per heavy atom.